The fourth-order valence-corrected chi connectivity index (χ4v) is 5.18. The van der Waals surface area contributed by atoms with Gasteiger partial charge < -0.3 is 24.8 Å². The van der Waals surface area contributed by atoms with E-state index in [9.17, 15) is 14.9 Å². The van der Waals surface area contributed by atoms with Gasteiger partial charge in [0.25, 0.3) is 5.69 Å². The molecule has 6 rings (SSSR count). The predicted molar refractivity (Wildman–Crippen MR) is 133 cm³/mol. The maximum atomic E-state index is 13.8. The number of ether oxygens (including phenoxy) is 3. The van der Waals surface area contributed by atoms with Crippen molar-refractivity contribution in [3.63, 3.8) is 0 Å². The smallest absolute Gasteiger partial charge is 0.278 e. The molecule has 2 aliphatic heterocycles. The molecular weight excluding hydrogens is 462 g/mol. The molecule has 3 aliphatic rings. The monoisotopic (exact) mass is 485 g/mol. The standard InChI is InChI=1S/C27H23N3O6/c1-34-17-8-6-15(7-9-17)16-10-21-26(23(31)11-16)27(29-20-5-3-2-4-19(20)28-21)18-12-24-25(36-14-35-24)13-22(18)30(32)33/h2-10,12-13,16,26-29H,11,14H2,1H3. The van der Waals surface area contributed by atoms with E-state index >= 15 is 0 Å². The first-order chi connectivity index (χ1) is 17.5. The molecule has 3 aromatic carbocycles. The van der Waals surface area contributed by atoms with Crippen molar-refractivity contribution in [3.8, 4) is 17.2 Å². The fourth-order valence-electron chi connectivity index (χ4n) is 5.18. The Morgan fingerprint density at radius 3 is 2.47 bits per heavy atom. The van der Waals surface area contributed by atoms with Gasteiger partial charge in [-0.15, -0.1) is 0 Å². The molecule has 9 nitrogen and oxygen atoms in total. The Bertz CT molecular complexity index is 1400. The van der Waals surface area contributed by atoms with E-state index in [4.69, 9.17) is 14.2 Å². The van der Waals surface area contributed by atoms with Gasteiger partial charge in [-0.1, -0.05) is 30.3 Å². The lowest BCUT2D eigenvalue weighted by molar-refractivity contribution is -0.385. The fraction of sp³-hybridized carbons (Fsp3) is 0.222. The van der Waals surface area contributed by atoms with Gasteiger partial charge in [-0.25, -0.2) is 0 Å². The van der Waals surface area contributed by atoms with Crippen molar-refractivity contribution in [1.29, 1.82) is 0 Å². The predicted octanol–water partition coefficient (Wildman–Crippen LogP) is 5.17. The summed E-state index contributed by atoms with van der Waals surface area (Å²) in [5.41, 5.74) is 3.49. The molecule has 0 fully saturated rings. The summed E-state index contributed by atoms with van der Waals surface area (Å²) in [7, 11) is 1.61. The quantitative estimate of drug-likeness (QED) is 0.385. The zero-order valence-corrected chi connectivity index (χ0v) is 19.4. The number of carbonyl (C=O) groups is 1. The van der Waals surface area contributed by atoms with Crippen LogP contribution < -0.4 is 24.8 Å². The number of allylic oxidation sites excluding steroid dienone is 1. The van der Waals surface area contributed by atoms with E-state index in [1.807, 2.05) is 48.5 Å². The zero-order valence-electron chi connectivity index (χ0n) is 19.4. The first-order valence-corrected chi connectivity index (χ1v) is 11.6. The summed E-state index contributed by atoms with van der Waals surface area (Å²) in [4.78, 5) is 25.4. The summed E-state index contributed by atoms with van der Waals surface area (Å²) in [5, 5.41) is 18.9. The lowest BCUT2D eigenvalue weighted by atomic mass is 9.76. The third kappa shape index (κ3) is 3.69. The SMILES string of the molecule is COc1ccc(C2C=C3Nc4ccccc4NC(c4cc5c(cc4[N+](=O)[O-])OCO5)C3C(=O)C2)cc1. The van der Waals surface area contributed by atoms with Crippen LogP contribution in [0.15, 0.2) is 72.4 Å². The molecular formula is C27H23N3O6. The maximum Gasteiger partial charge on any atom is 0.278 e. The zero-order chi connectivity index (χ0) is 24.8. The van der Waals surface area contributed by atoms with Crippen molar-refractivity contribution in [1.82, 2.24) is 0 Å². The summed E-state index contributed by atoms with van der Waals surface area (Å²) in [5.74, 6) is 0.673. The molecule has 2 N–H and O–H groups in total. The number of nitro groups is 1. The Balaban J connectivity index is 1.49. The molecule has 3 atom stereocenters. The second kappa shape index (κ2) is 8.60. The number of methoxy groups -OCH3 is 1. The van der Waals surface area contributed by atoms with Crippen LogP contribution in [-0.4, -0.2) is 24.6 Å². The number of fused-ring (bicyclic) bond motifs is 3. The molecule has 0 radical (unpaired) electrons. The first kappa shape index (κ1) is 22.0. The van der Waals surface area contributed by atoms with Crippen LogP contribution in [0, 0.1) is 16.0 Å². The molecule has 182 valence electrons. The van der Waals surface area contributed by atoms with E-state index in [2.05, 4.69) is 16.7 Å². The molecule has 0 bridgehead atoms. The molecule has 0 saturated carbocycles. The second-order valence-electron chi connectivity index (χ2n) is 8.96. The Morgan fingerprint density at radius 1 is 1.03 bits per heavy atom. The van der Waals surface area contributed by atoms with Gasteiger partial charge in [0.15, 0.2) is 11.5 Å². The van der Waals surface area contributed by atoms with Gasteiger partial charge in [-0.3, -0.25) is 14.9 Å². The number of benzene rings is 3. The van der Waals surface area contributed by atoms with Crippen LogP contribution in [0.1, 0.15) is 29.5 Å². The third-order valence-corrected chi connectivity index (χ3v) is 6.93. The van der Waals surface area contributed by atoms with E-state index in [1.54, 1.807) is 13.2 Å². The van der Waals surface area contributed by atoms with E-state index in [0.717, 1.165) is 22.7 Å². The van der Waals surface area contributed by atoms with E-state index in [1.165, 1.54) is 6.07 Å². The molecule has 0 aromatic heterocycles. The minimum atomic E-state index is -0.688. The molecule has 3 aromatic rings. The van der Waals surface area contributed by atoms with Crippen LogP contribution in [0.2, 0.25) is 0 Å². The Morgan fingerprint density at radius 2 is 1.75 bits per heavy atom. The minimum Gasteiger partial charge on any atom is -0.497 e. The summed E-state index contributed by atoms with van der Waals surface area (Å²) in [6, 6.07) is 17.5. The third-order valence-electron chi connectivity index (χ3n) is 6.93. The number of rotatable bonds is 4. The van der Waals surface area contributed by atoms with Gasteiger partial charge in [-0.2, -0.15) is 0 Å². The molecule has 9 heteroatoms. The number of ketones is 1. The molecule has 0 spiro atoms. The van der Waals surface area contributed by atoms with Crippen LogP contribution in [0.25, 0.3) is 0 Å². The van der Waals surface area contributed by atoms with Gasteiger partial charge in [0, 0.05) is 18.0 Å². The average Bonchev–Trinajstić information content (AvgIpc) is 3.28. The first-order valence-electron chi connectivity index (χ1n) is 11.6. The van der Waals surface area contributed by atoms with Crippen LogP contribution in [0.5, 0.6) is 17.2 Å². The number of hydrogen-bond acceptors (Lipinski definition) is 8. The topological polar surface area (TPSA) is 112 Å². The molecule has 3 unspecified atom stereocenters. The van der Waals surface area contributed by atoms with Crippen molar-refractivity contribution >= 4 is 22.8 Å². The van der Waals surface area contributed by atoms with Crippen molar-refractivity contribution in [2.45, 2.75) is 18.4 Å². The Kier molecular flexibility index (Phi) is 5.25. The average molecular weight is 485 g/mol. The Labute approximate surface area is 206 Å². The number of nitrogens with zero attached hydrogens (tertiary/aromatic N) is 1. The van der Waals surface area contributed by atoms with E-state index in [-0.39, 0.29) is 30.6 Å². The Hall–Kier alpha value is -4.53. The molecule has 0 saturated heterocycles. The summed E-state index contributed by atoms with van der Waals surface area (Å²) < 4.78 is 16.2. The van der Waals surface area contributed by atoms with Crippen LogP contribution in [0.3, 0.4) is 0 Å². The molecule has 0 amide bonds. The van der Waals surface area contributed by atoms with Crippen molar-refractivity contribution < 1.29 is 23.9 Å². The van der Waals surface area contributed by atoms with Crippen LogP contribution in [0.4, 0.5) is 17.1 Å². The molecule has 2 heterocycles. The minimum absolute atomic E-state index is 0.00449. The van der Waals surface area contributed by atoms with Crippen molar-refractivity contribution in [2.75, 3.05) is 24.5 Å². The van der Waals surface area contributed by atoms with Crippen molar-refractivity contribution in [2.24, 2.45) is 5.92 Å². The number of nitrogens with one attached hydrogen (secondary N) is 2. The number of nitro benzene ring substituents is 1. The highest BCUT2D eigenvalue weighted by Crippen LogP contribution is 2.48. The molecule has 1 aliphatic carbocycles. The highest BCUT2D eigenvalue weighted by atomic mass is 16.7. The highest BCUT2D eigenvalue weighted by Gasteiger charge is 2.42. The lowest BCUT2D eigenvalue weighted by Crippen LogP contribution is -2.34. The summed E-state index contributed by atoms with van der Waals surface area (Å²) >= 11 is 0. The highest BCUT2D eigenvalue weighted by molar-refractivity contribution is 5.91. The maximum absolute atomic E-state index is 13.8. The molecule has 36 heavy (non-hydrogen) atoms. The number of anilines is 2. The van der Waals surface area contributed by atoms with Gasteiger partial charge in [0.05, 0.1) is 47.0 Å². The van der Waals surface area contributed by atoms with Crippen molar-refractivity contribution in [3.05, 3.63) is 93.7 Å². The van der Waals surface area contributed by atoms with Gasteiger partial charge in [0.1, 0.15) is 11.5 Å². The lowest BCUT2D eigenvalue weighted by Gasteiger charge is -2.32. The second-order valence-corrected chi connectivity index (χ2v) is 8.96. The van der Waals surface area contributed by atoms with Gasteiger partial charge >= 0.3 is 0 Å². The number of hydrogen-bond donors (Lipinski definition) is 2. The van der Waals surface area contributed by atoms with Crippen LogP contribution in [-0.2, 0) is 4.79 Å². The van der Waals surface area contributed by atoms with E-state index in [0.29, 0.717) is 22.8 Å². The van der Waals surface area contributed by atoms with Gasteiger partial charge in [-0.05, 0) is 35.9 Å². The van der Waals surface area contributed by atoms with Gasteiger partial charge in [0.2, 0.25) is 6.79 Å². The van der Waals surface area contributed by atoms with E-state index < -0.39 is 16.9 Å². The normalized spacial score (nSPS) is 21.8. The number of carbonyl (C=O) groups excluding carboxylic acids is 1. The number of Topliss-reactive ketones (excluding diaryl/α,β-unsaturated/α-hetero) is 1. The van der Waals surface area contributed by atoms with Crippen LogP contribution >= 0.6 is 0 Å². The summed E-state index contributed by atoms with van der Waals surface area (Å²) in [6.45, 7) is -0.00449. The summed E-state index contributed by atoms with van der Waals surface area (Å²) in [6.07, 6.45) is 2.33. The number of para-hydroxylation sites is 2. The largest absolute Gasteiger partial charge is 0.497 e.